The van der Waals surface area contributed by atoms with Crippen molar-refractivity contribution in [2.24, 2.45) is 0 Å². The summed E-state index contributed by atoms with van der Waals surface area (Å²) in [7, 11) is 0. The number of nitrogens with one attached hydrogen (secondary N) is 1. The van der Waals surface area contributed by atoms with Gasteiger partial charge in [-0.3, -0.25) is 9.59 Å². The molecule has 0 bridgehead atoms. The second-order valence-corrected chi connectivity index (χ2v) is 4.90. The minimum atomic E-state index is -0.184. The van der Waals surface area contributed by atoms with Gasteiger partial charge in [0.1, 0.15) is 6.54 Å². The molecule has 0 radical (unpaired) electrons. The minimum absolute atomic E-state index is 0.0556. The average molecular weight is 257 g/mol. The maximum absolute atomic E-state index is 12.2. The molecule has 3 N–H and O–H groups in total. The summed E-state index contributed by atoms with van der Waals surface area (Å²) in [5.41, 5.74) is 6.21. The third-order valence-electron chi connectivity index (χ3n) is 3.31. The summed E-state index contributed by atoms with van der Waals surface area (Å²) in [6, 6.07) is 7.30. The molecule has 19 heavy (non-hydrogen) atoms. The SMILES string of the molecule is Nc1cccc2c(=O)n(CC(=O)NC3CC3)ccc12. The Morgan fingerprint density at radius 1 is 1.32 bits per heavy atom. The lowest BCUT2D eigenvalue weighted by molar-refractivity contribution is -0.121. The van der Waals surface area contributed by atoms with Gasteiger partial charge < -0.3 is 15.6 Å². The van der Waals surface area contributed by atoms with Crippen LogP contribution in [0, 0.1) is 0 Å². The van der Waals surface area contributed by atoms with Gasteiger partial charge in [-0.2, -0.15) is 0 Å². The van der Waals surface area contributed by atoms with E-state index in [1.165, 1.54) is 4.57 Å². The second kappa shape index (κ2) is 4.42. The Balaban J connectivity index is 1.93. The van der Waals surface area contributed by atoms with Crippen LogP contribution in [0.2, 0.25) is 0 Å². The highest BCUT2D eigenvalue weighted by Gasteiger charge is 2.23. The Labute approximate surface area is 110 Å². The maximum Gasteiger partial charge on any atom is 0.258 e. The molecule has 0 aliphatic heterocycles. The number of carbonyl (C=O) groups is 1. The number of nitrogen functional groups attached to an aromatic ring is 1. The summed E-state index contributed by atoms with van der Waals surface area (Å²) in [6.45, 7) is 0.0556. The first kappa shape index (κ1) is 11.8. The van der Waals surface area contributed by atoms with Crippen LogP contribution in [0.3, 0.4) is 0 Å². The Morgan fingerprint density at radius 3 is 2.84 bits per heavy atom. The third-order valence-corrected chi connectivity index (χ3v) is 3.31. The number of nitrogens with two attached hydrogens (primary N) is 1. The summed E-state index contributed by atoms with van der Waals surface area (Å²) in [5.74, 6) is -0.118. The van der Waals surface area contributed by atoms with Crippen molar-refractivity contribution in [2.45, 2.75) is 25.4 Å². The molecular formula is C14H15N3O2. The van der Waals surface area contributed by atoms with E-state index in [1.54, 1.807) is 30.5 Å². The van der Waals surface area contributed by atoms with E-state index >= 15 is 0 Å². The highest BCUT2D eigenvalue weighted by Crippen LogP contribution is 2.19. The summed E-state index contributed by atoms with van der Waals surface area (Å²) in [5, 5.41) is 4.14. The highest BCUT2D eigenvalue weighted by molar-refractivity contribution is 5.92. The number of amides is 1. The van der Waals surface area contributed by atoms with E-state index in [0.717, 1.165) is 18.2 Å². The predicted molar refractivity (Wildman–Crippen MR) is 73.8 cm³/mol. The molecule has 1 heterocycles. The van der Waals surface area contributed by atoms with Crippen LogP contribution in [-0.2, 0) is 11.3 Å². The molecular weight excluding hydrogens is 242 g/mol. The van der Waals surface area contributed by atoms with Crippen molar-refractivity contribution < 1.29 is 4.79 Å². The lowest BCUT2D eigenvalue weighted by Crippen LogP contribution is -2.33. The quantitative estimate of drug-likeness (QED) is 0.801. The number of aromatic nitrogens is 1. The zero-order valence-electron chi connectivity index (χ0n) is 10.4. The van der Waals surface area contributed by atoms with Gasteiger partial charge in [0, 0.05) is 28.7 Å². The molecule has 1 fully saturated rings. The lowest BCUT2D eigenvalue weighted by Gasteiger charge is -2.08. The number of anilines is 1. The minimum Gasteiger partial charge on any atom is -0.398 e. The van der Waals surface area contributed by atoms with Crippen LogP contribution in [0.25, 0.3) is 10.8 Å². The van der Waals surface area contributed by atoms with Crippen LogP contribution in [0.1, 0.15) is 12.8 Å². The molecule has 1 saturated carbocycles. The highest BCUT2D eigenvalue weighted by atomic mass is 16.2. The molecule has 1 amide bonds. The van der Waals surface area contributed by atoms with Crippen LogP contribution >= 0.6 is 0 Å². The molecule has 0 spiro atoms. The number of hydrogen-bond acceptors (Lipinski definition) is 3. The monoisotopic (exact) mass is 257 g/mol. The number of fused-ring (bicyclic) bond motifs is 1. The van der Waals surface area contributed by atoms with Gasteiger partial charge in [-0.05, 0) is 31.0 Å². The third kappa shape index (κ3) is 2.31. The van der Waals surface area contributed by atoms with Gasteiger partial charge in [-0.15, -0.1) is 0 Å². The number of benzene rings is 1. The van der Waals surface area contributed by atoms with E-state index in [1.807, 2.05) is 0 Å². The van der Waals surface area contributed by atoms with Crippen molar-refractivity contribution in [3.63, 3.8) is 0 Å². The fraction of sp³-hybridized carbons (Fsp3) is 0.286. The van der Waals surface area contributed by atoms with Crippen molar-refractivity contribution in [1.82, 2.24) is 9.88 Å². The van der Waals surface area contributed by atoms with Gasteiger partial charge in [-0.25, -0.2) is 0 Å². The Morgan fingerprint density at radius 2 is 2.11 bits per heavy atom. The van der Waals surface area contributed by atoms with Gasteiger partial charge in [0.05, 0.1) is 0 Å². The predicted octanol–water partition coefficient (Wildman–Crippen LogP) is 0.862. The van der Waals surface area contributed by atoms with E-state index in [-0.39, 0.29) is 18.0 Å². The van der Waals surface area contributed by atoms with Gasteiger partial charge >= 0.3 is 0 Å². The molecule has 3 rings (SSSR count). The molecule has 5 nitrogen and oxygen atoms in total. The van der Waals surface area contributed by atoms with Crippen molar-refractivity contribution in [3.8, 4) is 0 Å². The summed E-state index contributed by atoms with van der Waals surface area (Å²) < 4.78 is 1.42. The molecule has 1 aromatic heterocycles. The topological polar surface area (TPSA) is 77.1 Å². The maximum atomic E-state index is 12.2. The van der Waals surface area contributed by atoms with Crippen molar-refractivity contribution in [3.05, 3.63) is 40.8 Å². The number of nitrogens with zero attached hydrogens (tertiary/aromatic N) is 1. The van der Waals surface area contributed by atoms with Crippen LogP contribution in [0.4, 0.5) is 5.69 Å². The van der Waals surface area contributed by atoms with Gasteiger partial charge in [0.2, 0.25) is 5.91 Å². The second-order valence-electron chi connectivity index (χ2n) is 4.90. The molecule has 1 aromatic carbocycles. The fourth-order valence-corrected chi connectivity index (χ4v) is 2.12. The summed E-state index contributed by atoms with van der Waals surface area (Å²) >= 11 is 0. The molecule has 2 aromatic rings. The van der Waals surface area contributed by atoms with Crippen molar-refractivity contribution in [1.29, 1.82) is 0 Å². The summed E-state index contributed by atoms with van der Waals surface area (Å²) in [4.78, 5) is 24.0. The van der Waals surface area contributed by atoms with Crippen LogP contribution in [-0.4, -0.2) is 16.5 Å². The number of pyridine rings is 1. The van der Waals surface area contributed by atoms with Crippen molar-refractivity contribution in [2.75, 3.05) is 5.73 Å². The molecule has 0 atom stereocenters. The van der Waals surface area contributed by atoms with E-state index in [0.29, 0.717) is 17.1 Å². The summed E-state index contributed by atoms with van der Waals surface area (Å²) in [6.07, 6.45) is 3.69. The molecule has 5 heteroatoms. The molecule has 98 valence electrons. The first-order valence-electron chi connectivity index (χ1n) is 6.32. The van der Waals surface area contributed by atoms with Crippen LogP contribution in [0.5, 0.6) is 0 Å². The van der Waals surface area contributed by atoms with Crippen LogP contribution < -0.4 is 16.6 Å². The zero-order valence-corrected chi connectivity index (χ0v) is 10.4. The van der Waals surface area contributed by atoms with E-state index in [2.05, 4.69) is 5.32 Å². The number of rotatable bonds is 3. The molecule has 1 aliphatic carbocycles. The van der Waals surface area contributed by atoms with E-state index < -0.39 is 0 Å². The van der Waals surface area contributed by atoms with Crippen LogP contribution in [0.15, 0.2) is 35.3 Å². The normalized spacial score (nSPS) is 14.5. The van der Waals surface area contributed by atoms with E-state index in [9.17, 15) is 9.59 Å². The largest absolute Gasteiger partial charge is 0.398 e. The Kier molecular flexibility index (Phi) is 2.74. The Bertz CT molecular complexity index is 701. The van der Waals surface area contributed by atoms with Gasteiger partial charge in [0.25, 0.3) is 5.56 Å². The first-order chi connectivity index (χ1) is 9.15. The number of hydrogen-bond donors (Lipinski definition) is 2. The van der Waals surface area contributed by atoms with Gasteiger partial charge in [-0.1, -0.05) is 6.07 Å². The lowest BCUT2D eigenvalue weighted by atomic mass is 10.1. The standard InChI is InChI=1S/C14H15N3O2/c15-12-3-1-2-11-10(12)6-7-17(14(11)19)8-13(18)16-9-4-5-9/h1-3,6-7,9H,4-5,8,15H2,(H,16,18). The van der Waals surface area contributed by atoms with E-state index in [4.69, 9.17) is 5.73 Å². The average Bonchev–Trinajstić information content (AvgIpc) is 3.17. The Hall–Kier alpha value is -2.30. The first-order valence-corrected chi connectivity index (χ1v) is 6.32. The van der Waals surface area contributed by atoms with Gasteiger partial charge in [0.15, 0.2) is 0 Å². The smallest absolute Gasteiger partial charge is 0.258 e. The molecule has 0 saturated heterocycles. The fourth-order valence-electron chi connectivity index (χ4n) is 2.12. The zero-order chi connectivity index (χ0) is 13.4. The number of carbonyl (C=O) groups excluding carboxylic acids is 1. The molecule has 1 aliphatic rings. The molecule has 0 unspecified atom stereocenters. The van der Waals surface area contributed by atoms with Crippen molar-refractivity contribution >= 4 is 22.4 Å².